The maximum Gasteiger partial charge on any atom is 0.242 e. The summed E-state index contributed by atoms with van der Waals surface area (Å²) >= 11 is 0. The summed E-state index contributed by atoms with van der Waals surface area (Å²) in [6.45, 7) is 2.61. The van der Waals surface area contributed by atoms with Gasteiger partial charge in [-0.05, 0) is 47.0 Å². The highest BCUT2D eigenvalue weighted by molar-refractivity contribution is 5.28. The van der Waals surface area contributed by atoms with Crippen LogP contribution in [0.2, 0.25) is 0 Å². The molecule has 2 rings (SSSR count). The lowest BCUT2D eigenvalue weighted by Gasteiger charge is -2.07. The fraction of sp³-hybridized carbons (Fsp3) is 0.364. The van der Waals surface area contributed by atoms with Gasteiger partial charge in [0.05, 0.1) is 0 Å². The molecule has 0 aliphatic carbocycles. The van der Waals surface area contributed by atoms with Crippen molar-refractivity contribution in [2.24, 2.45) is 7.05 Å². The van der Waals surface area contributed by atoms with E-state index in [9.17, 15) is 4.39 Å². The maximum absolute atomic E-state index is 12.9. The highest BCUT2D eigenvalue weighted by atomic mass is 19.1. The molecule has 5 nitrogen and oxygen atoms in total. The van der Waals surface area contributed by atoms with E-state index < -0.39 is 0 Å². The SMILES string of the molecule is Cc1cc(F)ccc1CCNc1nnnn1C. The van der Waals surface area contributed by atoms with Crippen molar-refractivity contribution in [3.05, 3.63) is 35.1 Å². The van der Waals surface area contributed by atoms with Crippen LogP contribution in [-0.2, 0) is 13.5 Å². The molecule has 0 amide bonds. The first-order valence-corrected chi connectivity index (χ1v) is 5.38. The molecule has 0 unspecified atom stereocenters. The van der Waals surface area contributed by atoms with Gasteiger partial charge in [0.1, 0.15) is 5.82 Å². The lowest BCUT2D eigenvalue weighted by molar-refractivity contribution is 0.625. The Morgan fingerprint density at radius 3 is 2.88 bits per heavy atom. The zero-order chi connectivity index (χ0) is 12.3. The number of hydrogen-bond donors (Lipinski definition) is 1. The topological polar surface area (TPSA) is 55.6 Å². The summed E-state index contributed by atoms with van der Waals surface area (Å²) < 4.78 is 14.5. The highest BCUT2D eigenvalue weighted by Crippen LogP contribution is 2.10. The first-order chi connectivity index (χ1) is 8.16. The molecule has 0 radical (unpaired) electrons. The minimum atomic E-state index is -0.197. The molecule has 0 saturated carbocycles. The average Bonchev–Trinajstić information content (AvgIpc) is 2.68. The van der Waals surface area contributed by atoms with Gasteiger partial charge in [-0.1, -0.05) is 11.2 Å². The van der Waals surface area contributed by atoms with Gasteiger partial charge in [-0.3, -0.25) is 0 Å². The van der Waals surface area contributed by atoms with E-state index in [-0.39, 0.29) is 5.82 Å². The third kappa shape index (κ3) is 2.77. The Hall–Kier alpha value is -1.98. The lowest BCUT2D eigenvalue weighted by atomic mass is 10.1. The van der Waals surface area contributed by atoms with E-state index in [1.165, 1.54) is 6.07 Å². The molecule has 1 aromatic heterocycles. The van der Waals surface area contributed by atoms with Crippen molar-refractivity contribution in [2.75, 3.05) is 11.9 Å². The fourth-order valence-corrected chi connectivity index (χ4v) is 1.63. The Morgan fingerprint density at radius 1 is 1.41 bits per heavy atom. The van der Waals surface area contributed by atoms with Gasteiger partial charge < -0.3 is 5.32 Å². The number of halogens is 1. The van der Waals surface area contributed by atoms with Crippen molar-refractivity contribution in [1.29, 1.82) is 0 Å². The molecule has 0 spiro atoms. The molecule has 2 aromatic rings. The molecule has 0 aliphatic rings. The smallest absolute Gasteiger partial charge is 0.242 e. The monoisotopic (exact) mass is 235 g/mol. The van der Waals surface area contributed by atoms with Crippen molar-refractivity contribution < 1.29 is 4.39 Å². The Kier molecular flexibility index (Phi) is 3.32. The zero-order valence-electron chi connectivity index (χ0n) is 9.81. The summed E-state index contributed by atoms with van der Waals surface area (Å²) in [5, 5.41) is 14.2. The largest absolute Gasteiger partial charge is 0.353 e. The molecule has 1 aromatic carbocycles. The summed E-state index contributed by atoms with van der Waals surface area (Å²) in [4.78, 5) is 0. The van der Waals surface area contributed by atoms with Gasteiger partial charge in [0.25, 0.3) is 0 Å². The van der Waals surface area contributed by atoms with E-state index in [1.54, 1.807) is 23.9 Å². The third-order valence-corrected chi connectivity index (χ3v) is 2.60. The molecular weight excluding hydrogens is 221 g/mol. The number of benzene rings is 1. The Labute approximate surface area is 98.6 Å². The van der Waals surface area contributed by atoms with Crippen molar-refractivity contribution >= 4 is 5.95 Å². The number of anilines is 1. The van der Waals surface area contributed by atoms with E-state index in [4.69, 9.17) is 0 Å². The summed E-state index contributed by atoms with van der Waals surface area (Å²) in [5.74, 6) is 0.432. The van der Waals surface area contributed by atoms with Gasteiger partial charge in [0, 0.05) is 13.6 Å². The minimum Gasteiger partial charge on any atom is -0.353 e. The van der Waals surface area contributed by atoms with Crippen LogP contribution < -0.4 is 5.32 Å². The summed E-state index contributed by atoms with van der Waals surface area (Å²) in [5.41, 5.74) is 2.08. The van der Waals surface area contributed by atoms with Gasteiger partial charge in [-0.25, -0.2) is 9.07 Å². The molecule has 0 bridgehead atoms. The maximum atomic E-state index is 12.9. The van der Waals surface area contributed by atoms with Gasteiger partial charge in [-0.15, -0.1) is 0 Å². The number of nitrogens with one attached hydrogen (secondary N) is 1. The van der Waals surface area contributed by atoms with Crippen LogP contribution in [0.25, 0.3) is 0 Å². The van der Waals surface area contributed by atoms with Crippen LogP contribution in [0.3, 0.4) is 0 Å². The van der Waals surface area contributed by atoms with Gasteiger partial charge >= 0.3 is 0 Å². The number of nitrogens with zero attached hydrogens (tertiary/aromatic N) is 4. The molecule has 90 valence electrons. The van der Waals surface area contributed by atoms with Crippen molar-refractivity contribution in [2.45, 2.75) is 13.3 Å². The van der Waals surface area contributed by atoms with E-state index in [0.29, 0.717) is 12.5 Å². The molecule has 0 aliphatic heterocycles. The molecule has 0 fully saturated rings. The van der Waals surface area contributed by atoms with Crippen molar-refractivity contribution in [3.63, 3.8) is 0 Å². The Bertz CT molecular complexity index is 508. The minimum absolute atomic E-state index is 0.197. The number of aryl methyl sites for hydroxylation is 2. The summed E-state index contributed by atoms with van der Waals surface area (Å²) in [6.07, 6.45) is 0.805. The zero-order valence-corrected chi connectivity index (χ0v) is 9.81. The van der Waals surface area contributed by atoms with Crippen LogP contribution >= 0.6 is 0 Å². The molecule has 6 heteroatoms. The van der Waals surface area contributed by atoms with Crippen molar-refractivity contribution in [1.82, 2.24) is 20.2 Å². The standard InChI is InChI=1S/C11H14FN5/c1-8-7-10(12)4-3-9(8)5-6-13-11-14-15-16-17(11)2/h3-4,7H,5-6H2,1-2H3,(H,13,14,16). The quantitative estimate of drug-likeness (QED) is 0.868. The summed E-state index contributed by atoms with van der Waals surface area (Å²) in [6, 6.07) is 4.83. The predicted octanol–water partition coefficient (Wildman–Crippen LogP) is 1.31. The predicted molar refractivity (Wildman–Crippen MR) is 62.1 cm³/mol. The molecule has 1 N–H and O–H groups in total. The van der Waals surface area contributed by atoms with Gasteiger partial charge in [0.2, 0.25) is 5.95 Å². The Morgan fingerprint density at radius 2 is 2.24 bits per heavy atom. The normalized spacial score (nSPS) is 10.5. The van der Waals surface area contributed by atoms with Gasteiger partial charge in [0.15, 0.2) is 0 Å². The van der Waals surface area contributed by atoms with Gasteiger partial charge in [-0.2, -0.15) is 0 Å². The number of hydrogen-bond acceptors (Lipinski definition) is 4. The van der Waals surface area contributed by atoms with Crippen LogP contribution in [0.1, 0.15) is 11.1 Å². The highest BCUT2D eigenvalue weighted by Gasteiger charge is 2.02. The van der Waals surface area contributed by atoms with E-state index in [0.717, 1.165) is 17.5 Å². The van der Waals surface area contributed by atoms with Crippen LogP contribution in [0.5, 0.6) is 0 Å². The second-order valence-corrected chi connectivity index (χ2v) is 3.87. The van der Waals surface area contributed by atoms with Crippen LogP contribution in [0.15, 0.2) is 18.2 Å². The van der Waals surface area contributed by atoms with E-state index in [1.807, 2.05) is 6.92 Å². The first kappa shape index (κ1) is 11.5. The third-order valence-electron chi connectivity index (χ3n) is 2.60. The molecule has 0 saturated heterocycles. The second-order valence-electron chi connectivity index (χ2n) is 3.87. The lowest BCUT2D eigenvalue weighted by Crippen LogP contribution is -2.10. The number of aromatic nitrogens is 4. The fourth-order valence-electron chi connectivity index (χ4n) is 1.63. The van der Waals surface area contributed by atoms with Crippen molar-refractivity contribution in [3.8, 4) is 0 Å². The molecule has 0 atom stereocenters. The van der Waals surface area contributed by atoms with Crippen LogP contribution in [-0.4, -0.2) is 26.8 Å². The molecular formula is C11H14FN5. The first-order valence-electron chi connectivity index (χ1n) is 5.38. The second kappa shape index (κ2) is 4.90. The average molecular weight is 235 g/mol. The Balaban J connectivity index is 1.92. The van der Waals surface area contributed by atoms with Crippen LogP contribution in [0.4, 0.5) is 10.3 Å². The molecule has 1 heterocycles. The van der Waals surface area contributed by atoms with E-state index >= 15 is 0 Å². The molecule has 17 heavy (non-hydrogen) atoms. The van der Waals surface area contributed by atoms with Crippen LogP contribution in [0, 0.1) is 12.7 Å². The summed E-state index contributed by atoms with van der Waals surface area (Å²) in [7, 11) is 1.77. The van der Waals surface area contributed by atoms with E-state index in [2.05, 4.69) is 20.8 Å². The number of rotatable bonds is 4. The number of tetrazole rings is 1.